The van der Waals surface area contributed by atoms with E-state index in [1.807, 2.05) is 29.2 Å². The van der Waals surface area contributed by atoms with Crippen molar-refractivity contribution >= 4 is 17.3 Å². The average molecular weight is 399 g/mol. The fourth-order valence-corrected chi connectivity index (χ4v) is 3.94. The molecule has 0 saturated carbocycles. The minimum atomic E-state index is -0.255. The number of hydrogen-bond donors (Lipinski definition) is 1. The van der Waals surface area contributed by atoms with Crippen molar-refractivity contribution in [2.45, 2.75) is 52.1 Å². The van der Waals surface area contributed by atoms with Crippen molar-refractivity contribution in [2.75, 3.05) is 10.2 Å². The number of anilines is 2. The molecule has 0 aliphatic carbocycles. The second-order valence-electron chi connectivity index (χ2n) is 9.39. The van der Waals surface area contributed by atoms with Crippen LogP contribution in [0.15, 0.2) is 72.8 Å². The highest BCUT2D eigenvalue weighted by Gasteiger charge is 2.34. The molecule has 1 N–H and O–H groups in total. The first kappa shape index (κ1) is 20.2. The normalized spacial score (nSPS) is 16.4. The lowest BCUT2D eigenvalue weighted by Gasteiger charge is -2.38. The zero-order valence-corrected chi connectivity index (χ0v) is 18.4. The lowest BCUT2D eigenvalue weighted by atomic mass is 9.87. The van der Waals surface area contributed by atoms with E-state index in [2.05, 4.69) is 88.5 Å². The van der Waals surface area contributed by atoms with Crippen LogP contribution in [0.25, 0.3) is 0 Å². The molecule has 3 nitrogen and oxygen atoms in total. The molecule has 1 atom stereocenters. The summed E-state index contributed by atoms with van der Waals surface area (Å²) in [4.78, 5) is 15.4. The van der Waals surface area contributed by atoms with Crippen molar-refractivity contribution in [3.05, 3.63) is 95.1 Å². The van der Waals surface area contributed by atoms with E-state index in [4.69, 9.17) is 0 Å². The number of carbonyl (C=O) groups excluding carboxylic acids is 1. The van der Waals surface area contributed by atoms with E-state index >= 15 is 0 Å². The van der Waals surface area contributed by atoms with Gasteiger partial charge in [-0.2, -0.15) is 0 Å². The Morgan fingerprint density at radius 1 is 0.867 bits per heavy atom. The summed E-state index contributed by atoms with van der Waals surface area (Å²) >= 11 is 0. The number of amides is 1. The number of benzene rings is 3. The van der Waals surface area contributed by atoms with Gasteiger partial charge in [0.15, 0.2) is 0 Å². The van der Waals surface area contributed by atoms with Crippen LogP contribution in [0.3, 0.4) is 0 Å². The fraction of sp³-hybridized carbons (Fsp3) is 0.296. The van der Waals surface area contributed by atoms with Gasteiger partial charge in [0.25, 0.3) is 5.91 Å². The molecule has 0 saturated heterocycles. The van der Waals surface area contributed by atoms with Crippen molar-refractivity contribution in [3.8, 4) is 0 Å². The molecule has 30 heavy (non-hydrogen) atoms. The highest BCUT2D eigenvalue weighted by atomic mass is 16.2. The molecule has 3 heteroatoms. The van der Waals surface area contributed by atoms with E-state index in [1.165, 1.54) is 11.1 Å². The van der Waals surface area contributed by atoms with Gasteiger partial charge in [-0.05, 0) is 52.3 Å². The molecule has 0 spiro atoms. The zero-order chi connectivity index (χ0) is 21.5. The number of nitrogens with one attached hydrogen (secondary N) is 1. The molecule has 0 bridgehead atoms. The molecule has 4 rings (SSSR count). The molecule has 1 aliphatic rings. The van der Waals surface area contributed by atoms with Crippen molar-refractivity contribution in [1.29, 1.82) is 0 Å². The lowest BCUT2D eigenvalue weighted by Crippen LogP contribution is -2.43. The molecule has 1 unspecified atom stereocenters. The van der Waals surface area contributed by atoms with Gasteiger partial charge in [0, 0.05) is 11.4 Å². The van der Waals surface area contributed by atoms with Gasteiger partial charge in [-0.15, -0.1) is 0 Å². The maximum Gasteiger partial charge on any atom is 0.262 e. The Bertz CT molecular complexity index is 1040. The molecule has 0 fully saturated rings. The summed E-state index contributed by atoms with van der Waals surface area (Å²) in [5, 5.41) is 3.59. The number of fused-ring (bicyclic) bond motifs is 1. The number of para-hydroxylation sites is 1. The molecule has 0 aromatic heterocycles. The summed E-state index contributed by atoms with van der Waals surface area (Å²) in [5.41, 5.74) is 6.16. The molecule has 3 aromatic rings. The van der Waals surface area contributed by atoms with Gasteiger partial charge in [0.1, 0.15) is 6.17 Å². The van der Waals surface area contributed by atoms with Crippen LogP contribution in [0.2, 0.25) is 0 Å². The van der Waals surface area contributed by atoms with Crippen LogP contribution >= 0.6 is 0 Å². The standard InChI is InChI=1S/C27H30N2O/c1-18(2)19-10-12-20(13-11-19)25-28-24-9-7-6-8-23(24)26(30)29(25)22-16-14-21(15-17-22)27(3,4)5/h6-18,25,28H,1-5H3. The largest absolute Gasteiger partial charge is 0.360 e. The number of carbonyl (C=O) groups is 1. The summed E-state index contributed by atoms with van der Waals surface area (Å²) < 4.78 is 0. The quantitative estimate of drug-likeness (QED) is 0.521. The zero-order valence-electron chi connectivity index (χ0n) is 18.4. The topological polar surface area (TPSA) is 32.3 Å². The Labute approximate surface area is 179 Å². The molecule has 154 valence electrons. The maximum atomic E-state index is 13.5. The van der Waals surface area contributed by atoms with Crippen molar-refractivity contribution in [3.63, 3.8) is 0 Å². The fourth-order valence-electron chi connectivity index (χ4n) is 3.94. The van der Waals surface area contributed by atoms with Crippen LogP contribution < -0.4 is 10.2 Å². The monoisotopic (exact) mass is 398 g/mol. The van der Waals surface area contributed by atoms with E-state index in [-0.39, 0.29) is 17.5 Å². The third-order valence-corrected chi connectivity index (χ3v) is 5.86. The number of nitrogens with zero attached hydrogens (tertiary/aromatic N) is 1. The van der Waals surface area contributed by atoms with E-state index in [9.17, 15) is 4.79 Å². The summed E-state index contributed by atoms with van der Waals surface area (Å²) in [6.07, 6.45) is -0.255. The molecule has 1 heterocycles. The van der Waals surface area contributed by atoms with Crippen molar-refractivity contribution in [2.24, 2.45) is 0 Å². The molecule has 3 aromatic carbocycles. The Balaban J connectivity index is 1.78. The third kappa shape index (κ3) is 3.72. The van der Waals surface area contributed by atoms with Crippen LogP contribution in [-0.4, -0.2) is 5.91 Å². The van der Waals surface area contributed by atoms with Gasteiger partial charge >= 0.3 is 0 Å². The highest BCUT2D eigenvalue weighted by Crippen LogP contribution is 2.37. The minimum absolute atomic E-state index is 0.0193. The SMILES string of the molecule is CC(C)c1ccc(C2Nc3ccccc3C(=O)N2c2ccc(C(C)(C)C)cc2)cc1. The third-order valence-electron chi connectivity index (χ3n) is 5.86. The lowest BCUT2D eigenvalue weighted by molar-refractivity contribution is 0.0975. The van der Waals surface area contributed by atoms with Gasteiger partial charge in [0.05, 0.1) is 5.56 Å². The van der Waals surface area contributed by atoms with Crippen LogP contribution in [0.1, 0.15) is 73.8 Å². The van der Waals surface area contributed by atoms with E-state index in [1.54, 1.807) is 0 Å². The van der Waals surface area contributed by atoms with Crippen molar-refractivity contribution in [1.82, 2.24) is 0 Å². The van der Waals surface area contributed by atoms with E-state index in [0.29, 0.717) is 11.5 Å². The molecule has 1 amide bonds. The summed E-state index contributed by atoms with van der Waals surface area (Å²) in [6, 6.07) is 24.7. The molecular formula is C27H30N2O. The smallest absolute Gasteiger partial charge is 0.262 e. The summed E-state index contributed by atoms with van der Waals surface area (Å²) in [7, 11) is 0. The van der Waals surface area contributed by atoms with Gasteiger partial charge in [-0.3, -0.25) is 9.69 Å². The maximum absolute atomic E-state index is 13.5. The highest BCUT2D eigenvalue weighted by molar-refractivity contribution is 6.12. The Hall–Kier alpha value is -3.07. The summed E-state index contributed by atoms with van der Waals surface area (Å²) in [5.74, 6) is 0.493. The molecular weight excluding hydrogens is 368 g/mol. The average Bonchev–Trinajstić information content (AvgIpc) is 2.73. The van der Waals surface area contributed by atoms with Crippen LogP contribution in [0, 0.1) is 0 Å². The first-order chi connectivity index (χ1) is 14.3. The van der Waals surface area contributed by atoms with Crippen LogP contribution in [0.4, 0.5) is 11.4 Å². The first-order valence-corrected chi connectivity index (χ1v) is 10.7. The molecule has 1 aliphatic heterocycles. The van der Waals surface area contributed by atoms with Crippen LogP contribution in [0.5, 0.6) is 0 Å². The number of hydrogen-bond acceptors (Lipinski definition) is 2. The van der Waals surface area contributed by atoms with Gasteiger partial charge < -0.3 is 5.32 Å². The first-order valence-electron chi connectivity index (χ1n) is 10.7. The van der Waals surface area contributed by atoms with Gasteiger partial charge in [-0.25, -0.2) is 0 Å². The Morgan fingerprint density at radius 3 is 2.10 bits per heavy atom. The van der Waals surface area contributed by atoms with Crippen LogP contribution in [-0.2, 0) is 5.41 Å². The molecule has 0 radical (unpaired) electrons. The Kier molecular flexibility index (Phi) is 5.15. The van der Waals surface area contributed by atoms with E-state index in [0.717, 1.165) is 16.9 Å². The second-order valence-corrected chi connectivity index (χ2v) is 9.39. The Morgan fingerprint density at radius 2 is 1.50 bits per heavy atom. The van der Waals surface area contributed by atoms with Gasteiger partial charge in [0.2, 0.25) is 0 Å². The van der Waals surface area contributed by atoms with Crippen molar-refractivity contribution < 1.29 is 4.79 Å². The summed E-state index contributed by atoms with van der Waals surface area (Å²) in [6.45, 7) is 11.0. The van der Waals surface area contributed by atoms with Gasteiger partial charge in [-0.1, -0.05) is 83.1 Å². The second kappa shape index (κ2) is 7.64. The number of rotatable bonds is 3. The van der Waals surface area contributed by atoms with E-state index < -0.39 is 0 Å². The minimum Gasteiger partial charge on any atom is -0.360 e. The predicted octanol–water partition coefficient (Wildman–Crippen LogP) is 6.88. The predicted molar refractivity (Wildman–Crippen MR) is 125 cm³/mol.